The van der Waals surface area contributed by atoms with Crippen molar-refractivity contribution in [2.45, 2.75) is 13.3 Å². The van der Waals surface area contributed by atoms with Crippen LogP contribution in [0, 0.1) is 18.3 Å². The van der Waals surface area contributed by atoms with Crippen LogP contribution in [0.15, 0.2) is 48.7 Å². The van der Waals surface area contributed by atoms with Crippen molar-refractivity contribution in [3.8, 4) is 22.9 Å². The lowest BCUT2D eigenvalue weighted by Gasteiger charge is -2.12. The van der Waals surface area contributed by atoms with Crippen LogP contribution in [0.2, 0.25) is 0 Å². The van der Waals surface area contributed by atoms with E-state index in [1.165, 1.54) is 24.3 Å². The molecule has 0 saturated heterocycles. The van der Waals surface area contributed by atoms with E-state index in [4.69, 9.17) is 0 Å². The molecule has 0 atom stereocenters. The summed E-state index contributed by atoms with van der Waals surface area (Å²) in [5, 5.41) is 10.0. The number of alkyl halides is 3. The Morgan fingerprint density at radius 1 is 1.12 bits per heavy atom. The van der Waals surface area contributed by atoms with Crippen molar-refractivity contribution >= 4 is 10.9 Å². The van der Waals surface area contributed by atoms with Gasteiger partial charge in [-0.2, -0.15) is 5.26 Å². The first-order valence-electron chi connectivity index (χ1n) is 7.03. The van der Waals surface area contributed by atoms with E-state index in [0.29, 0.717) is 22.0 Å². The maximum absolute atomic E-state index is 12.2. The molecule has 3 nitrogen and oxygen atoms in total. The van der Waals surface area contributed by atoms with Crippen LogP contribution >= 0.6 is 0 Å². The van der Waals surface area contributed by atoms with Gasteiger partial charge in [0.25, 0.3) is 0 Å². The van der Waals surface area contributed by atoms with Gasteiger partial charge in [0.05, 0.1) is 11.1 Å². The normalized spacial score (nSPS) is 11.3. The summed E-state index contributed by atoms with van der Waals surface area (Å²) in [7, 11) is 0. The highest BCUT2D eigenvalue weighted by atomic mass is 19.4. The van der Waals surface area contributed by atoms with Gasteiger partial charge in [-0.3, -0.25) is 4.98 Å². The number of rotatable bonds is 2. The van der Waals surface area contributed by atoms with E-state index in [9.17, 15) is 18.4 Å². The van der Waals surface area contributed by atoms with Gasteiger partial charge in [0.2, 0.25) is 0 Å². The molecule has 3 rings (SSSR count). The van der Waals surface area contributed by atoms with E-state index in [2.05, 4.69) is 15.8 Å². The molecule has 0 aliphatic carbocycles. The lowest BCUT2D eigenvalue weighted by atomic mass is 9.95. The minimum atomic E-state index is -4.72. The maximum atomic E-state index is 12.2. The van der Waals surface area contributed by atoms with E-state index in [1.54, 1.807) is 18.3 Å². The van der Waals surface area contributed by atoms with E-state index in [0.717, 1.165) is 11.1 Å². The molecule has 1 aromatic heterocycles. The Bertz CT molecular complexity index is 941. The number of aryl methyl sites for hydroxylation is 1. The highest BCUT2D eigenvalue weighted by Gasteiger charge is 2.31. The van der Waals surface area contributed by atoms with Crippen molar-refractivity contribution in [2.24, 2.45) is 0 Å². The monoisotopic (exact) mass is 328 g/mol. The van der Waals surface area contributed by atoms with Crippen molar-refractivity contribution in [1.82, 2.24) is 4.98 Å². The zero-order valence-corrected chi connectivity index (χ0v) is 12.6. The number of nitriles is 1. The van der Waals surface area contributed by atoms with Gasteiger partial charge in [0.1, 0.15) is 11.8 Å². The summed E-state index contributed by atoms with van der Waals surface area (Å²) in [5.41, 5.74) is 3.40. The number of nitrogens with zero attached hydrogens (tertiary/aromatic N) is 2. The first-order valence-corrected chi connectivity index (χ1v) is 7.03. The zero-order valence-electron chi connectivity index (χ0n) is 12.6. The molecule has 3 aromatic rings. The van der Waals surface area contributed by atoms with Gasteiger partial charge in [0, 0.05) is 17.1 Å². The molecule has 120 valence electrons. The number of pyridine rings is 1. The Balaban J connectivity index is 2.12. The molecule has 0 fully saturated rings. The van der Waals surface area contributed by atoms with Gasteiger partial charge >= 0.3 is 6.36 Å². The molecule has 6 heteroatoms. The predicted molar refractivity (Wildman–Crippen MR) is 83.3 cm³/mol. The van der Waals surface area contributed by atoms with Gasteiger partial charge in [-0.1, -0.05) is 12.1 Å². The molecule has 24 heavy (non-hydrogen) atoms. The summed E-state index contributed by atoms with van der Waals surface area (Å²) in [5.74, 6) is -0.283. The van der Waals surface area contributed by atoms with Gasteiger partial charge in [-0.05, 0) is 48.4 Å². The van der Waals surface area contributed by atoms with Crippen molar-refractivity contribution in [3.05, 3.63) is 59.8 Å². The summed E-state index contributed by atoms with van der Waals surface area (Å²) in [4.78, 5) is 4.33. The summed E-state index contributed by atoms with van der Waals surface area (Å²) in [6.07, 6.45) is -3.11. The van der Waals surface area contributed by atoms with Crippen molar-refractivity contribution in [1.29, 1.82) is 5.26 Å². The van der Waals surface area contributed by atoms with Gasteiger partial charge < -0.3 is 4.74 Å². The van der Waals surface area contributed by atoms with Crippen molar-refractivity contribution in [2.75, 3.05) is 0 Å². The Labute approximate surface area is 135 Å². The first kappa shape index (κ1) is 15.8. The highest BCUT2D eigenvalue weighted by Crippen LogP contribution is 2.33. The van der Waals surface area contributed by atoms with E-state index < -0.39 is 6.36 Å². The molecule has 0 unspecified atom stereocenters. The molecule has 0 saturated carbocycles. The molecule has 0 bridgehead atoms. The summed E-state index contributed by atoms with van der Waals surface area (Å²) < 4.78 is 40.6. The third-order valence-electron chi connectivity index (χ3n) is 3.60. The van der Waals surface area contributed by atoms with Crippen LogP contribution < -0.4 is 4.74 Å². The summed E-state index contributed by atoms with van der Waals surface area (Å²) in [6, 6.07) is 13.1. The molecule has 0 amide bonds. The van der Waals surface area contributed by atoms with Crippen LogP contribution in [0.3, 0.4) is 0 Å². The van der Waals surface area contributed by atoms with Crippen molar-refractivity contribution < 1.29 is 17.9 Å². The molecule has 0 radical (unpaired) electrons. The molecule has 1 heterocycles. The number of halogens is 3. The minimum Gasteiger partial charge on any atom is -0.406 e. The van der Waals surface area contributed by atoms with Crippen LogP contribution in [0.25, 0.3) is 22.0 Å². The molecular weight excluding hydrogens is 317 g/mol. The SMILES string of the molecule is Cc1cc(-c2ccc(OC(F)(F)F)cc2)c2ncccc2c1C#N. The summed E-state index contributed by atoms with van der Waals surface area (Å²) >= 11 is 0. The molecule has 0 aliphatic rings. The number of benzene rings is 2. The number of ether oxygens (including phenoxy) is 1. The molecule has 0 aliphatic heterocycles. The standard InChI is InChI=1S/C18H11F3N2O/c1-11-9-15(17-14(16(11)10-22)3-2-8-23-17)12-4-6-13(7-5-12)24-18(19,20)21/h2-9H,1H3. The topological polar surface area (TPSA) is 45.9 Å². The zero-order chi connectivity index (χ0) is 17.3. The average molecular weight is 328 g/mol. The van der Waals surface area contributed by atoms with E-state index in [-0.39, 0.29) is 5.75 Å². The molecule has 0 N–H and O–H groups in total. The third kappa shape index (κ3) is 3.01. The number of hydrogen-bond acceptors (Lipinski definition) is 3. The fourth-order valence-corrected chi connectivity index (χ4v) is 2.60. The van der Waals surface area contributed by atoms with Crippen LogP contribution in [0.5, 0.6) is 5.75 Å². The van der Waals surface area contributed by atoms with Crippen LogP contribution in [-0.4, -0.2) is 11.3 Å². The summed E-state index contributed by atoms with van der Waals surface area (Å²) in [6.45, 7) is 1.82. The third-order valence-corrected chi connectivity index (χ3v) is 3.60. The Morgan fingerprint density at radius 3 is 2.46 bits per heavy atom. The van der Waals surface area contributed by atoms with E-state index in [1.807, 2.05) is 13.0 Å². The second-order valence-electron chi connectivity index (χ2n) is 5.20. The lowest BCUT2D eigenvalue weighted by Crippen LogP contribution is -2.16. The average Bonchev–Trinajstić information content (AvgIpc) is 2.53. The maximum Gasteiger partial charge on any atom is 0.573 e. The number of hydrogen-bond donors (Lipinski definition) is 0. The second kappa shape index (κ2) is 5.85. The van der Waals surface area contributed by atoms with Crippen molar-refractivity contribution in [3.63, 3.8) is 0 Å². The predicted octanol–water partition coefficient (Wildman–Crippen LogP) is 4.98. The van der Waals surface area contributed by atoms with Gasteiger partial charge in [0.15, 0.2) is 0 Å². The molecule has 0 spiro atoms. The number of fused-ring (bicyclic) bond motifs is 1. The molecular formula is C18H11F3N2O. The molecule has 2 aromatic carbocycles. The number of aromatic nitrogens is 1. The Hall–Kier alpha value is -3.07. The van der Waals surface area contributed by atoms with Crippen LogP contribution in [0.4, 0.5) is 13.2 Å². The highest BCUT2D eigenvalue weighted by molar-refractivity contribution is 5.97. The fraction of sp³-hybridized carbons (Fsp3) is 0.111. The first-order chi connectivity index (χ1) is 11.4. The van der Waals surface area contributed by atoms with Gasteiger partial charge in [-0.15, -0.1) is 13.2 Å². The smallest absolute Gasteiger partial charge is 0.406 e. The van der Waals surface area contributed by atoms with Crippen LogP contribution in [-0.2, 0) is 0 Å². The largest absolute Gasteiger partial charge is 0.573 e. The fourth-order valence-electron chi connectivity index (χ4n) is 2.60. The lowest BCUT2D eigenvalue weighted by molar-refractivity contribution is -0.274. The Morgan fingerprint density at radius 2 is 1.83 bits per heavy atom. The van der Waals surface area contributed by atoms with E-state index >= 15 is 0 Å². The minimum absolute atomic E-state index is 0.283. The quantitative estimate of drug-likeness (QED) is 0.666. The van der Waals surface area contributed by atoms with Gasteiger partial charge in [-0.25, -0.2) is 0 Å². The Kier molecular flexibility index (Phi) is 3.86. The van der Waals surface area contributed by atoms with Crippen LogP contribution in [0.1, 0.15) is 11.1 Å². The second-order valence-corrected chi connectivity index (χ2v) is 5.20.